The Morgan fingerprint density at radius 1 is 0.903 bits per heavy atom. The predicted molar refractivity (Wildman–Crippen MR) is 120 cm³/mol. The van der Waals surface area contributed by atoms with Crippen molar-refractivity contribution in [3.63, 3.8) is 0 Å². The molecular weight excluding hydrogens is 414 g/mol. The molecule has 0 spiro atoms. The van der Waals surface area contributed by atoms with Gasteiger partial charge >= 0.3 is 0 Å². The van der Waals surface area contributed by atoms with Gasteiger partial charge in [0.25, 0.3) is 0 Å². The highest BCUT2D eigenvalue weighted by atomic mass is 35.5. The number of benzene rings is 3. The standard InChI is InChI=1S/C25H22ClNO4/c26-20-8-11-23(22(16-20)27-25(29)19-12-14-30-15-13-19)31-21-9-6-18(7-10-21)24(28)17-4-2-1-3-5-17/h1-11,16,19H,12-15H2,(H,27,29). The fourth-order valence-electron chi connectivity index (χ4n) is 3.44. The quantitative estimate of drug-likeness (QED) is 0.502. The molecule has 1 aliphatic heterocycles. The average molecular weight is 436 g/mol. The third-order valence-corrected chi connectivity index (χ3v) is 5.41. The maximum atomic E-state index is 12.6. The van der Waals surface area contributed by atoms with Gasteiger partial charge in [-0.3, -0.25) is 9.59 Å². The number of halogens is 1. The zero-order chi connectivity index (χ0) is 21.6. The first-order valence-corrected chi connectivity index (χ1v) is 10.5. The summed E-state index contributed by atoms with van der Waals surface area (Å²) in [5.41, 5.74) is 1.71. The van der Waals surface area contributed by atoms with Gasteiger partial charge in [0.15, 0.2) is 11.5 Å². The van der Waals surface area contributed by atoms with Crippen molar-refractivity contribution >= 4 is 29.0 Å². The van der Waals surface area contributed by atoms with E-state index in [1.165, 1.54) is 0 Å². The predicted octanol–water partition coefficient (Wildman–Crippen LogP) is 5.73. The summed E-state index contributed by atoms with van der Waals surface area (Å²) in [6.45, 7) is 1.18. The van der Waals surface area contributed by atoms with E-state index in [4.69, 9.17) is 21.1 Å². The third kappa shape index (κ3) is 5.32. The number of nitrogens with one attached hydrogen (secondary N) is 1. The van der Waals surface area contributed by atoms with E-state index in [0.717, 1.165) is 0 Å². The molecule has 1 saturated heterocycles. The van der Waals surface area contributed by atoms with Crippen LogP contribution in [-0.4, -0.2) is 24.9 Å². The van der Waals surface area contributed by atoms with Crippen LogP contribution in [0.3, 0.4) is 0 Å². The van der Waals surface area contributed by atoms with Crippen LogP contribution in [-0.2, 0) is 9.53 Å². The third-order valence-electron chi connectivity index (χ3n) is 5.17. The molecule has 6 heteroatoms. The Morgan fingerprint density at radius 3 is 2.29 bits per heavy atom. The van der Waals surface area contributed by atoms with Crippen molar-refractivity contribution < 1.29 is 19.1 Å². The topological polar surface area (TPSA) is 64.6 Å². The molecule has 3 aromatic carbocycles. The molecule has 3 aromatic rings. The zero-order valence-corrected chi connectivity index (χ0v) is 17.6. The van der Waals surface area contributed by atoms with Gasteiger partial charge in [-0.05, 0) is 55.3 Å². The van der Waals surface area contributed by atoms with Gasteiger partial charge in [0.1, 0.15) is 5.75 Å². The second kappa shape index (κ2) is 9.77. The van der Waals surface area contributed by atoms with Crippen molar-refractivity contribution in [1.82, 2.24) is 0 Å². The molecule has 1 N–H and O–H groups in total. The Kier molecular flexibility index (Phi) is 6.65. The molecule has 31 heavy (non-hydrogen) atoms. The number of hydrogen-bond donors (Lipinski definition) is 1. The summed E-state index contributed by atoms with van der Waals surface area (Å²) < 4.78 is 11.3. The molecule has 4 rings (SSSR count). The first kappa shape index (κ1) is 21.1. The molecular formula is C25H22ClNO4. The summed E-state index contributed by atoms with van der Waals surface area (Å²) in [4.78, 5) is 25.2. The Balaban J connectivity index is 1.49. The van der Waals surface area contributed by atoms with E-state index >= 15 is 0 Å². The summed E-state index contributed by atoms with van der Waals surface area (Å²) >= 11 is 6.14. The fraction of sp³-hybridized carbons (Fsp3) is 0.200. The summed E-state index contributed by atoms with van der Waals surface area (Å²) in [7, 11) is 0. The Morgan fingerprint density at radius 2 is 1.58 bits per heavy atom. The average Bonchev–Trinajstić information content (AvgIpc) is 2.82. The van der Waals surface area contributed by atoms with Gasteiger partial charge in [-0.15, -0.1) is 0 Å². The lowest BCUT2D eigenvalue weighted by molar-refractivity contribution is -0.122. The summed E-state index contributed by atoms with van der Waals surface area (Å²) in [6, 6.07) is 21.1. The Bertz CT molecular complexity index is 1060. The number of carbonyl (C=O) groups is 2. The second-order valence-corrected chi connectivity index (χ2v) is 7.77. The molecule has 0 saturated carbocycles. The highest BCUT2D eigenvalue weighted by Gasteiger charge is 2.22. The molecule has 0 radical (unpaired) electrons. The highest BCUT2D eigenvalue weighted by molar-refractivity contribution is 6.31. The number of amides is 1. The van der Waals surface area contributed by atoms with Crippen LogP contribution in [0.15, 0.2) is 72.8 Å². The molecule has 1 aliphatic rings. The van der Waals surface area contributed by atoms with Crippen LogP contribution >= 0.6 is 11.6 Å². The van der Waals surface area contributed by atoms with E-state index in [9.17, 15) is 9.59 Å². The molecule has 0 atom stereocenters. The number of hydrogen-bond acceptors (Lipinski definition) is 4. The van der Waals surface area contributed by atoms with E-state index in [0.29, 0.717) is 59.4 Å². The van der Waals surface area contributed by atoms with Gasteiger partial charge in [-0.1, -0.05) is 41.9 Å². The number of ketones is 1. The molecule has 0 unspecified atom stereocenters. The molecule has 0 aliphatic carbocycles. The molecule has 1 heterocycles. The number of ether oxygens (including phenoxy) is 2. The van der Waals surface area contributed by atoms with Crippen molar-refractivity contribution in [2.24, 2.45) is 5.92 Å². The second-order valence-electron chi connectivity index (χ2n) is 7.34. The molecule has 5 nitrogen and oxygen atoms in total. The number of carbonyl (C=O) groups excluding carboxylic acids is 2. The maximum absolute atomic E-state index is 12.6. The van der Waals surface area contributed by atoms with Gasteiger partial charge in [-0.2, -0.15) is 0 Å². The molecule has 1 fully saturated rings. The largest absolute Gasteiger partial charge is 0.455 e. The van der Waals surface area contributed by atoms with Crippen LogP contribution in [0.1, 0.15) is 28.8 Å². The zero-order valence-electron chi connectivity index (χ0n) is 16.8. The van der Waals surface area contributed by atoms with Gasteiger partial charge in [-0.25, -0.2) is 0 Å². The number of rotatable bonds is 6. The summed E-state index contributed by atoms with van der Waals surface area (Å²) in [5, 5.41) is 3.43. The number of anilines is 1. The van der Waals surface area contributed by atoms with Crippen LogP contribution in [0.5, 0.6) is 11.5 Å². The monoisotopic (exact) mass is 435 g/mol. The Hall–Kier alpha value is -3.15. The minimum Gasteiger partial charge on any atom is -0.455 e. The van der Waals surface area contributed by atoms with Gasteiger partial charge in [0, 0.05) is 35.3 Å². The Labute approximate surface area is 185 Å². The molecule has 158 valence electrons. The lowest BCUT2D eigenvalue weighted by atomic mass is 9.99. The summed E-state index contributed by atoms with van der Waals surface area (Å²) in [5.74, 6) is 0.812. The van der Waals surface area contributed by atoms with Crippen molar-refractivity contribution in [1.29, 1.82) is 0 Å². The van der Waals surface area contributed by atoms with Crippen LogP contribution in [0, 0.1) is 5.92 Å². The minimum absolute atomic E-state index is 0.0527. The SMILES string of the molecule is O=C(c1ccccc1)c1ccc(Oc2ccc(Cl)cc2NC(=O)C2CCOCC2)cc1. The van der Waals surface area contributed by atoms with E-state index in [2.05, 4.69) is 5.32 Å². The van der Waals surface area contributed by atoms with Gasteiger partial charge in [0.2, 0.25) is 5.91 Å². The van der Waals surface area contributed by atoms with Crippen LogP contribution < -0.4 is 10.1 Å². The van der Waals surface area contributed by atoms with E-state index in [1.54, 1.807) is 54.6 Å². The van der Waals surface area contributed by atoms with Crippen molar-refractivity contribution in [2.75, 3.05) is 18.5 Å². The van der Waals surface area contributed by atoms with Gasteiger partial charge in [0.05, 0.1) is 5.69 Å². The smallest absolute Gasteiger partial charge is 0.227 e. The van der Waals surface area contributed by atoms with E-state index in [1.807, 2.05) is 18.2 Å². The van der Waals surface area contributed by atoms with Crippen molar-refractivity contribution in [2.45, 2.75) is 12.8 Å². The lowest BCUT2D eigenvalue weighted by Crippen LogP contribution is -2.28. The van der Waals surface area contributed by atoms with Crippen molar-refractivity contribution in [3.8, 4) is 11.5 Å². The van der Waals surface area contributed by atoms with Crippen molar-refractivity contribution in [3.05, 3.63) is 88.9 Å². The fourth-order valence-corrected chi connectivity index (χ4v) is 3.61. The first-order valence-electron chi connectivity index (χ1n) is 10.2. The van der Waals surface area contributed by atoms with Crippen LogP contribution in [0.4, 0.5) is 5.69 Å². The van der Waals surface area contributed by atoms with E-state index < -0.39 is 0 Å². The van der Waals surface area contributed by atoms with Crippen LogP contribution in [0.2, 0.25) is 5.02 Å². The minimum atomic E-state index is -0.0936. The highest BCUT2D eigenvalue weighted by Crippen LogP contribution is 2.33. The van der Waals surface area contributed by atoms with Gasteiger partial charge < -0.3 is 14.8 Å². The maximum Gasteiger partial charge on any atom is 0.227 e. The van der Waals surface area contributed by atoms with E-state index in [-0.39, 0.29) is 17.6 Å². The normalized spacial score (nSPS) is 14.1. The molecule has 1 amide bonds. The first-order chi connectivity index (χ1) is 15.1. The molecule has 0 bridgehead atoms. The lowest BCUT2D eigenvalue weighted by Gasteiger charge is -2.22. The molecule has 0 aromatic heterocycles. The van der Waals surface area contributed by atoms with Crippen LogP contribution in [0.25, 0.3) is 0 Å². The summed E-state index contributed by atoms with van der Waals surface area (Å²) in [6.07, 6.45) is 1.39.